The summed E-state index contributed by atoms with van der Waals surface area (Å²) in [7, 11) is 0. The van der Waals surface area contributed by atoms with Gasteiger partial charge in [-0.2, -0.15) is 0 Å². The molecule has 1 aliphatic rings. The summed E-state index contributed by atoms with van der Waals surface area (Å²) < 4.78 is 7.72. The van der Waals surface area contributed by atoms with E-state index in [1.165, 1.54) is 18.5 Å². The number of aromatic nitrogens is 2. The van der Waals surface area contributed by atoms with Gasteiger partial charge in [0.1, 0.15) is 0 Å². The Bertz CT molecular complexity index is 320. The molecule has 1 heterocycles. The predicted molar refractivity (Wildman–Crippen MR) is 63.2 cm³/mol. The molecule has 16 heavy (non-hydrogen) atoms. The third-order valence-corrected chi connectivity index (χ3v) is 2.85. The van der Waals surface area contributed by atoms with E-state index >= 15 is 0 Å². The molecular formula is C12H21N3O. The van der Waals surface area contributed by atoms with Crippen molar-refractivity contribution in [3.8, 4) is 0 Å². The van der Waals surface area contributed by atoms with Crippen LogP contribution < -0.4 is 5.32 Å². The summed E-state index contributed by atoms with van der Waals surface area (Å²) >= 11 is 0. The van der Waals surface area contributed by atoms with Gasteiger partial charge in [-0.3, -0.25) is 0 Å². The molecule has 4 heteroatoms. The van der Waals surface area contributed by atoms with Gasteiger partial charge in [-0.05, 0) is 26.7 Å². The molecule has 90 valence electrons. The minimum atomic E-state index is 0.249. The molecule has 1 aromatic heterocycles. The fourth-order valence-corrected chi connectivity index (χ4v) is 1.81. The molecular weight excluding hydrogens is 202 g/mol. The smallest absolute Gasteiger partial charge is 0.0949 e. The fourth-order valence-electron chi connectivity index (χ4n) is 1.81. The Balaban J connectivity index is 1.84. The highest BCUT2D eigenvalue weighted by atomic mass is 16.5. The first-order valence-corrected chi connectivity index (χ1v) is 6.13. The van der Waals surface area contributed by atoms with Crippen molar-refractivity contribution in [1.29, 1.82) is 0 Å². The van der Waals surface area contributed by atoms with E-state index < -0.39 is 0 Å². The first kappa shape index (κ1) is 11.6. The number of hydrogen-bond donors (Lipinski definition) is 1. The zero-order chi connectivity index (χ0) is 11.4. The minimum absolute atomic E-state index is 0.249. The molecule has 0 amide bonds. The van der Waals surface area contributed by atoms with Crippen LogP contribution in [0.2, 0.25) is 0 Å². The highest BCUT2D eigenvalue weighted by Gasteiger charge is 2.20. The van der Waals surface area contributed by atoms with E-state index in [2.05, 4.69) is 21.8 Å². The second kappa shape index (κ2) is 5.46. The standard InChI is InChI=1S/C12H21N3O/c1-3-16-10(2)8-15-9-13-6-12(15)7-14-11-4-5-11/h6,9-11,14H,3-5,7-8H2,1-2H3. The van der Waals surface area contributed by atoms with Gasteiger partial charge in [0.05, 0.1) is 18.1 Å². The molecule has 0 radical (unpaired) electrons. The van der Waals surface area contributed by atoms with Crippen LogP contribution in [-0.2, 0) is 17.8 Å². The molecule has 1 fully saturated rings. The quantitative estimate of drug-likeness (QED) is 0.762. The summed E-state index contributed by atoms with van der Waals surface area (Å²) in [4.78, 5) is 4.20. The van der Waals surface area contributed by atoms with E-state index in [9.17, 15) is 0 Å². The second-order valence-electron chi connectivity index (χ2n) is 4.46. The number of rotatable bonds is 7. The maximum Gasteiger partial charge on any atom is 0.0949 e. The maximum absolute atomic E-state index is 5.54. The third-order valence-electron chi connectivity index (χ3n) is 2.85. The predicted octanol–water partition coefficient (Wildman–Crippen LogP) is 1.56. The average Bonchev–Trinajstić information content (AvgIpc) is 2.98. The first-order valence-electron chi connectivity index (χ1n) is 6.13. The number of nitrogens with one attached hydrogen (secondary N) is 1. The molecule has 0 saturated heterocycles. The van der Waals surface area contributed by atoms with E-state index in [1.54, 1.807) is 0 Å². The van der Waals surface area contributed by atoms with Gasteiger partial charge in [0.25, 0.3) is 0 Å². The van der Waals surface area contributed by atoms with Crippen LogP contribution in [0.15, 0.2) is 12.5 Å². The molecule has 1 aromatic rings. The Morgan fingerprint density at radius 2 is 2.44 bits per heavy atom. The number of ether oxygens (including phenoxy) is 1. The first-order chi connectivity index (χ1) is 7.79. The molecule has 1 unspecified atom stereocenters. The van der Waals surface area contributed by atoms with Crippen LogP contribution in [0.25, 0.3) is 0 Å². The number of imidazole rings is 1. The lowest BCUT2D eigenvalue weighted by atomic mass is 10.3. The van der Waals surface area contributed by atoms with Gasteiger partial charge in [0.2, 0.25) is 0 Å². The van der Waals surface area contributed by atoms with Crippen molar-refractivity contribution in [3.63, 3.8) is 0 Å². The van der Waals surface area contributed by atoms with Gasteiger partial charge in [-0.15, -0.1) is 0 Å². The summed E-state index contributed by atoms with van der Waals surface area (Å²) in [5.74, 6) is 0. The minimum Gasteiger partial charge on any atom is -0.377 e. The van der Waals surface area contributed by atoms with Crippen molar-refractivity contribution in [3.05, 3.63) is 18.2 Å². The van der Waals surface area contributed by atoms with E-state index in [0.29, 0.717) is 0 Å². The van der Waals surface area contributed by atoms with Crippen LogP contribution in [0.1, 0.15) is 32.4 Å². The van der Waals surface area contributed by atoms with E-state index in [0.717, 1.165) is 25.7 Å². The second-order valence-corrected chi connectivity index (χ2v) is 4.46. The topological polar surface area (TPSA) is 39.1 Å². The lowest BCUT2D eigenvalue weighted by Crippen LogP contribution is -2.21. The van der Waals surface area contributed by atoms with Gasteiger partial charge in [0.15, 0.2) is 0 Å². The van der Waals surface area contributed by atoms with E-state index in [4.69, 9.17) is 4.74 Å². The summed E-state index contributed by atoms with van der Waals surface area (Å²) in [5.41, 5.74) is 1.25. The molecule has 4 nitrogen and oxygen atoms in total. The van der Waals surface area contributed by atoms with Gasteiger partial charge < -0.3 is 14.6 Å². The van der Waals surface area contributed by atoms with Crippen LogP contribution in [0.5, 0.6) is 0 Å². The Kier molecular flexibility index (Phi) is 3.96. The largest absolute Gasteiger partial charge is 0.377 e. The molecule has 0 bridgehead atoms. The van der Waals surface area contributed by atoms with E-state index in [1.807, 2.05) is 19.4 Å². The van der Waals surface area contributed by atoms with Crippen molar-refractivity contribution in [1.82, 2.24) is 14.9 Å². The van der Waals surface area contributed by atoms with E-state index in [-0.39, 0.29) is 6.10 Å². The molecule has 0 aromatic carbocycles. The van der Waals surface area contributed by atoms with Crippen LogP contribution in [0.4, 0.5) is 0 Å². The number of nitrogens with zero attached hydrogens (tertiary/aromatic N) is 2. The van der Waals surface area contributed by atoms with Crippen LogP contribution in [0, 0.1) is 0 Å². The average molecular weight is 223 g/mol. The van der Waals surface area contributed by atoms with Crippen molar-refractivity contribution in [2.45, 2.75) is 51.9 Å². The molecule has 0 aliphatic heterocycles. The zero-order valence-corrected chi connectivity index (χ0v) is 10.1. The van der Waals surface area contributed by atoms with Gasteiger partial charge in [-0.1, -0.05) is 0 Å². The Hall–Kier alpha value is -0.870. The summed E-state index contributed by atoms with van der Waals surface area (Å²) in [6.45, 7) is 6.70. The fraction of sp³-hybridized carbons (Fsp3) is 0.750. The van der Waals surface area contributed by atoms with Crippen LogP contribution >= 0.6 is 0 Å². The highest BCUT2D eigenvalue weighted by Crippen LogP contribution is 2.19. The van der Waals surface area contributed by atoms with Crippen molar-refractivity contribution < 1.29 is 4.74 Å². The van der Waals surface area contributed by atoms with Crippen molar-refractivity contribution in [2.75, 3.05) is 6.61 Å². The van der Waals surface area contributed by atoms with Crippen LogP contribution in [0.3, 0.4) is 0 Å². The molecule has 1 saturated carbocycles. The SMILES string of the molecule is CCOC(C)Cn1cncc1CNC1CC1. The molecule has 1 atom stereocenters. The van der Waals surface area contributed by atoms with Gasteiger partial charge in [-0.25, -0.2) is 4.98 Å². The monoisotopic (exact) mass is 223 g/mol. The number of hydrogen-bond acceptors (Lipinski definition) is 3. The molecule has 1 aliphatic carbocycles. The third kappa shape index (κ3) is 3.32. The van der Waals surface area contributed by atoms with Crippen molar-refractivity contribution >= 4 is 0 Å². The lowest BCUT2D eigenvalue weighted by Gasteiger charge is -2.14. The molecule has 2 rings (SSSR count). The normalized spacial score (nSPS) is 17.6. The zero-order valence-electron chi connectivity index (χ0n) is 10.1. The Morgan fingerprint density at radius 1 is 1.62 bits per heavy atom. The lowest BCUT2D eigenvalue weighted by molar-refractivity contribution is 0.0634. The molecule has 0 spiro atoms. The Labute approximate surface area is 97.0 Å². The van der Waals surface area contributed by atoms with Crippen molar-refractivity contribution in [2.24, 2.45) is 0 Å². The summed E-state index contributed by atoms with van der Waals surface area (Å²) in [6.07, 6.45) is 6.72. The summed E-state index contributed by atoms with van der Waals surface area (Å²) in [6, 6.07) is 0.743. The summed E-state index contributed by atoms with van der Waals surface area (Å²) in [5, 5.41) is 3.50. The molecule has 1 N–H and O–H groups in total. The Morgan fingerprint density at radius 3 is 3.12 bits per heavy atom. The van der Waals surface area contributed by atoms with Crippen LogP contribution in [-0.4, -0.2) is 28.3 Å². The highest BCUT2D eigenvalue weighted by molar-refractivity contribution is 4.99. The van der Waals surface area contributed by atoms with Gasteiger partial charge in [0, 0.05) is 31.9 Å². The maximum atomic E-state index is 5.54. The van der Waals surface area contributed by atoms with Gasteiger partial charge >= 0.3 is 0 Å².